The lowest BCUT2D eigenvalue weighted by molar-refractivity contribution is -0.134. The van der Waals surface area contributed by atoms with Gasteiger partial charge in [-0.15, -0.1) is 11.3 Å². The maximum atomic E-state index is 12.3. The van der Waals surface area contributed by atoms with E-state index in [0.29, 0.717) is 17.7 Å². The average Bonchev–Trinajstić information content (AvgIpc) is 3.17. The molecule has 0 radical (unpaired) electrons. The SMILES string of the molecule is CC1CC1C(=O)N1CCN(Cc2ccc(-c3ccc(Br)cc3)s2)CC1. The molecule has 0 bridgehead atoms. The van der Waals surface area contributed by atoms with Gasteiger partial charge in [0.1, 0.15) is 0 Å². The van der Waals surface area contributed by atoms with Crippen LogP contribution in [0.15, 0.2) is 40.9 Å². The lowest BCUT2D eigenvalue weighted by Crippen LogP contribution is -2.48. The van der Waals surface area contributed by atoms with Crippen molar-refractivity contribution < 1.29 is 4.79 Å². The molecular weight excluding hydrogens is 396 g/mol. The molecule has 3 nitrogen and oxygen atoms in total. The van der Waals surface area contributed by atoms with Gasteiger partial charge in [0.05, 0.1) is 0 Å². The summed E-state index contributed by atoms with van der Waals surface area (Å²) in [6, 6.07) is 13.0. The third-order valence-electron chi connectivity index (χ3n) is 5.28. The Hall–Kier alpha value is -1.17. The van der Waals surface area contributed by atoms with Crippen molar-refractivity contribution in [2.75, 3.05) is 26.2 Å². The Morgan fingerprint density at radius 1 is 1.12 bits per heavy atom. The van der Waals surface area contributed by atoms with Crippen LogP contribution in [0.1, 0.15) is 18.2 Å². The topological polar surface area (TPSA) is 23.6 Å². The highest BCUT2D eigenvalue weighted by Crippen LogP contribution is 2.39. The fourth-order valence-electron chi connectivity index (χ4n) is 3.48. The van der Waals surface area contributed by atoms with Gasteiger partial charge in [-0.05, 0) is 42.2 Å². The maximum Gasteiger partial charge on any atom is 0.226 e. The van der Waals surface area contributed by atoms with Crippen molar-refractivity contribution in [2.45, 2.75) is 19.9 Å². The first-order chi connectivity index (χ1) is 12.1. The number of hydrogen-bond donors (Lipinski definition) is 0. The van der Waals surface area contributed by atoms with Crippen LogP contribution in [-0.2, 0) is 11.3 Å². The number of thiophene rings is 1. The van der Waals surface area contributed by atoms with Crippen molar-refractivity contribution in [3.63, 3.8) is 0 Å². The van der Waals surface area contributed by atoms with Crippen LogP contribution in [0.5, 0.6) is 0 Å². The van der Waals surface area contributed by atoms with Crippen molar-refractivity contribution in [3.05, 3.63) is 45.7 Å². The van der Waals surface area contributed by atoms with Crippen LogP contribution in [-0.4, -0.2) is 41.9 Å². The molecule has 1 aromatic carbocycles. The van der Waals surface area contributed by atoms with E-state index in [4.69, 9.17) is 0 Å². The highest BCUT2D eigenvalue weighted by Gasteiger charge is 2.41. The van der Waals surface area contributed by atoms with Crippen LogP contribution in [0.3, 0.4) is 0 Å². The molecule has 132 valence electrons. The number of halogens is 1. The molecule has 2 fully saturated rings. The molecule has 1 saturated carbocycles. The number of amides is 1. The van der Waals surface area contributed by atoms with Crippen molar-refractivity contribution in [1.29, 1.82) is 0 Å². The fraction of sp³-hybridized carbons (Fsp3) is 0.450. The predicted molar refractivity (Wildman–Crippen MR) is 107 cm³/mol. The Balaban J connectivity index is 1.31. The standard InChI is InChI=1S/C20H23BrN2OS/c1-14-12-18(14)20(24)23-10-8-22(9-11-23)13-17-6-7-19(25-17)15-2-4-16(21)5-3-15/h2-7,14,18H,8-13H2,1H3. The second-order valence-electron chi connectivity index (χ2n) is 7.19. The van der Waals surface area contributed by atoms with Gasteiger partial charge in [-0.25, -0.2) is 0 Å². The summed E-state index contributed by atoms with van der Waals surface area (Å²) in [6.07, 6.45) is 1.09. The Morgan fingerprint density at radius 2 is 1.80 bits per heavy atom. The van der Waals surface area contributed by atoms with Crippen LogP contribution in [0.25, 0.3) is 10.4 Å². The molecule has 1 aliphatic heterocycles. The van der Waals surface area contributed by atoms with Crippen LogP contribution in [0, 0.1) is 11.8 Å². The minimum Gasteiger partial charge on any atom is -0.340 e. The van der Waals surface area contributed by atoms with Gasteiger partial charge in [0.15, 0.2) is 0 Å². The molecule has 0 N–H and O–H groups in total. The van der Waals surface area contributed by atoms with E-state index in [-0.39, 0.29) is 0 Å². The van der Waals surface area contributed by atoms with Gasteiger partial charge in [0.2, 0.25) is 5.91 Å². The molecule has 1 aliphatic carbocycles. The summed E-state index contributed by atoms with van der Waals surface area (Å²) in [7, 11) is 0. The highest BCUT2D eigenvalue weighted by molar-refractivity contribution is 9.10. The highest BCUT2D eigenvalue weighted by atomic mass is 79.9. The van der Waals surface area contributed by atoms with E-state index < -0.39 is 0 Å². The van der Waals surface area contributed by atoms with Crippen LogP contribution >= 0.6 is 27.3 Å². The van der Waals surface area contributed by atoms with Crippen molar-refractivity contribution in [2.24, 2.45) is 11.8 Å². The van der Waals surface area contributed by atoms with E-state index in [1.165, 1.54) is 15.3 Å². The first-order valence-corrected chi connectivity index (χ1v) is 10.6. The number of hydrogen-bond acceptors (Lipinski definition) is 3. The number of benzene rings is 1. The summed E-state index contributed by atoms with van der Waals surface area (Å²) in [6.45, 7) is 6.90. The quantitative estimate of drug-likeness (QED) is 0.730. The van der Waals surface area contributed by atoms with Gasteiger partial charge < -0.3 is 4.90 Å². The Kier molecular flexibility index (Phi) is 4.98. The zero-order chi connectivity index (χ0) is 17.4. The van der Waals surface area contributed by atoms with Gasteiger partial charge in [0.25, 0.3) is 0 Å². The Labute approximate surface area is 161 Å². The molecule has 25 heavy (non-hydrogen) atoms. The van der Waals surface area contributed by atoms with Crippen LogP contribution < -0.4 is 0 Å². The maximum absolute atomic E-state index is 12.3. The van der Waals surface area contributed by atoms with E-state index in [1.54, 1.807) is 0 Å². The first-order valence-electron chi connectivity index (χ1n) is 8.96. The zero-order valence-electron chi connectivity index (χ0n) is 14.5. The average molecular weight is 419 g/mol. The second kappa shape index (κ2) is 7.22. The molecule has 4 rings (SSSR count). The molecule has 2 aromatic rings. The van der Waals surface area contributed by atoms with E-state index >= 15 is 0 Å². The number of rotatable bonds is 4. The first kappa shape index (κ1) is 17.3. The Bertz CT molecular complexity index is 749. The zero-order valence-corrected chi connectivity index (χ0v) is 16.9. The van der Waals surface area contributed by atoms with Gasteiger partial charge in [-0.1, -0.05) is 35.0 Å². The minimum atomic E-state index is 0.317. The third-order valence-corrected chi connectivity index (χ3v) is 6.93. The van der Waals surface area contributed by atoms with E-state index in [0.717, 1.165) is 43.6 Å². The summed E-state index contributed by atoms with van der Waals surface area (Å²) in [5.41, 5.74) is 1.27. The van der Waals surface area contributed by atoms with E-state index in [1.807, 2.05) is 11.3 Å². The fourth-order valence-corrected chi connectivity index (χ4v) is 4.80. The van der Waals surface area contributed by atoms with Gasteiger partial charge in [0, 0.05) is 52.9 Å². The van der Waals surface area contributed by atoms with Crippen LogP contribution in [0.2, 0.25) is 0 Å². The summed E-state index contributed by atoms with van der Waals surface area (Å²) in [5, 5.41) is 0. The molecule has 1 aromatic heterocycles. The van der Waals surface area contributed by atoms with Crippen molar-refractivity contribution in [1.82, 2.24) is 9.80 Å². The third kappa shape index (κ3) is 3.99. The number of carbonyl (C=O) groups excluding carboxylic acids is 1. The number of carbonyl (C=O) groups is 1. The monoisotopic (exact) mass is 418 g/mol. The summed E-state index contributed by atoms with van der Waals surface area (Å²) < 4.78 is 1.11. The lowest BCUT2D eigenvalue weighted by atomic mass is 10.2. The smallest absolute Gasteiger partial charge is 0.226 e. The molecule has 1 amide bonds. The van der Waals surface area contributed by atoms with Crippen LogP contribution in [0.4, 0.5) is 0 Å². The summed E-state index contributed by atoms with van der Waals surface area (Å²) in [4.78, 5) is 19.6. The number of piperazine rings is 1. The van der Waals surface area contributed by atoms with Gasteiger partial charge in [-0.2, -0.15) is 0 Å². The van der Waals surface area contributed by atoms with Crippen molar-refractivity contribution >= 4 is 33.2 Å². The Morgan fingerprint density at radius 3 is 2.44 bits per heavy atom. The lowest BCUT2D eigenvalue weighted by Gasteiger charge is -2.34. The summed E-state index contributed by atoms with van der Waals surface area (Å²) in [5.74, 6) is 1.31. The van der Waals surface area contributed by atoms with Crippen molar-refractivity contribution in [3.8, 4) is 10.4 Å². The number of nitrogens with zero attached hydrogens (tertiary/aromatic N) is 2. The van der Waals surface area contributed by atoms with E-state index in [9.17, 15) is 4.79 Å². The minimum absolute atomic E-state index is 0.317. The molecule has 1 saturated heterocycles. The molecule has 0 spiro atoms. The molecule has 2 aliphatic rings. The van der Waals surface area contributed by atoms with Gasteiger partial charge >= 0.3 is 0 Å². The van der Waals surface area contributed by atoms with Gasteiger partial charge in [-0.3, -0.25) is 9.69 Å². The molecule has 2 unspecified atom stereocenters. The molecule has 2 heterocycles. The molecule has 2 atom stereocenters. The van der Waals surface area contributed by atoms with E-state index in [2.05, 4.69) is 69.1 Å². The normalized spacial score (nSPS) is 23.7. The molecular formula is C20H23BrN2OS. The second-order valence-corrected chi connectivity index (χ2v) is 9.28. The predicted octanol–water partition coefficient (Wildman–Crippen LogP) is 4.48. The summed E-state index contributed by atoms with van der Waals surface area (Å²) >= 11 is 5.36. The largest absolute Gasteiger partial charge is 0.340 e. The molecule has 5 heteroatoms.